The van der Waals surface area contributed by atoms with Crippen molar-refractivity contribution in [1.29, 1.82) is 0 Å². The summed E-state index contributed by atoms with van der Waals surface area (Å²) in [7, 11) is -3.26. The Balaban J connectivity index is 2.31. The van der Waals surface area contributed by atoms with Gasteiger partial charge in [0.2, 0.25) is 15.9 Å². The summed E-state index contributed by atoms with van der Waals surface area (Å²) < 4.78 is 24.8. The number of hydrogen-bond acceptors (Lipinski definition) is 4. The molecule has 1 saturated heterocycles. The van der Waals surface area contributed by atoms with Crippen LogP contribution in [0, 0.1) is 0 Å². The SMILES string of the molecule is CCS(=O)(=O)NCCNC(=O)N[C@H](C)C(=O)N1CCCC[C@H]1C. The molecule has 2 atom stereocenters. The number of amides is 3. The molecule has 0 bridgehead atoms. The first-order chi connectivity index (χ1) is 10.8. The average Bonchev–Trinajstić information content (AvgIpc) is 2.51. The minimum absolute atomic E-state index is 0.00124. The standard InChI is InChI=1S/C14H28N4O4S/c1-4-23(21,22)16-9-8-15-14(20)17-12(3)13(19)18-10-6-5-7-11(18)2/h11-12,16H,4-10H2,1-3H3,(H2,15,17,20)/t11-,12-/m1/s1. The molecule has 3 amide bonds. The Morgan fingerprint density at radius 1 is 1.26 bits per heavy atom. The van der Waals surface area contributed by atoms with E-state index >= 15 is 0 Å². The Bertz CT molecular complexity index is 509. The van der Waals surface area contributed by atoms with Gasteiger partial charge in [-0.3, -0.25) is 4.79 Å². The summed E-state index contributed by atoms with van der Waals surface area (Å²) in [6.07, 6.45) is 3.11. The molecule has 3 N–H and O–H groups in total. The third-order valence-electron chi connectivity index (χ3n) is 3.92. The van der Waals surface area contributed by atoms with Crippen molar-refractivity contribution in [2.75, 3.05) is 25.4 Å². The Morgan fingerprint density at radius 2 is 1.96 bits per heavy atom. The van der Waals surface area contributed by atoms with Crippen LogP contribution in [0.25, 0.3) is 0 Å². The lowest BCUT2D eigenvalue weighted by molar-refractivity contribution is -0.136. The molecule has 134 valence electrons. The molecule has 0 spiro atoms. The fourth-order valence-electron chi connectivity index (χ4n) is 2.47. The second kappa shape index (κ2) is 9.07. The minimum atomic E-state index is -3.26. The number of nitrogens with zero attached hydrogens (tertiary/aromatic N) is 1. The van der Waals surface area contributed by atoms with Crippen LogP contribution in [0.2, 0.25) is 0 Å². The van der Waals surface area contributed by atoms with Gasteiger partial charge in [-0.05, 0) is 40.0 Å². The van der Waals surface area contributed by atoms with Crippen LogP contribution in [0.1, 0.15) is 40.0 Å². The fourth-order valence-corrected chi connectivity index (χ4v) is 3.09. The van der Waals surface area contributed by atoms with Gasteiger partial charge in [-0.1, -0.05) is 0 Å². The number of hydrogen-bond donors (Lipinski definition) is 3. The maximum Gasteiger partial charge on any atom is 0.315 e. The first-order valence-corrected chi connectivity index (χ1v) is 9.74. The predicted molar refractivity (Wildman–Crippen MR) is 88.5 cm³/mol. The van der Waals surface area contributed by atoms with E-state index in [-0.39, 0.29) is 30.8 Å². The molecule has 1 aliphatic rings. The topological polar surface area (TPSA) is 108 Å². The van der Waals surface area contributed by atoms with Gasteiger partial charge in [0, 0.05) is 25.7 Å². The summed E-state index contributed by atoms with van der Waals surface area (Å²) in [4.78, 5) is 25.9. The smallest absolute Gasteiger partial charge is 0.315 e. The lowest BCUT2D eigenvalue weighted by Crippen LogP contribution is -2.53. The fraction of sp³-hybridized carbons (Fsp3) is 0.857. The molecule has 0 saturated carbocycles. The maximum absolute atomic E-state index is 12.3. The minimum Gasteiger partial charge on any atom is -0.338 e. The Kier molecular flexibility index (Phi) is 7.77. The lowest BCUT2D eigenvalue weighted by atomic mass is 10.0. The van der Waals surface area contributed by atoms with Gasteiger partial charge in [0.05, 0.1) is 5.75 Å². The summed E-state index contributed by atoms with van der Waals surface area (Å²) in [5, 5.41) is 5.12. The zero-order valence-electron chi connectivity index (χ0n) is 14.1. The van der Waals surface area contributed by atoms with Gasteiger partial charge in [-0.2, -0.15) is 0 Å². The number of carbonyl (C=O) groups excluding carboxylic acids is 2. The molecule has 9 heteroatoms. The van der Waals surface area contributed by atoms with Crippen molar-refractivity contribution < 1.29 is 18.0 Å². The summed E-state index contributed by atoms with van der Waals surface area (Å²) in [6.45, 7) is 6.22. The van der Waals surface area contributed by atoms with Crippen LogP contribution >= 0.6 is 0 Å². The summed E-state index contributed by atoms with van der Waals surface area (Å²) >= 11 is 0. The number of carbonyl (C=O) groups is 2. The molecule has 0 radical (unpaired) electrons. The molecule has 0 aromatic heterocycles. The molecule has 8 nitrogen and oxygen atoms in total. The molecule has 0 aliphatic carbocycles. The van der Waals surface area contributed by atoms with Crippen LogP contribution in [-0.2, 0) is 14.8 Å². The zero-order chi connectivity index (χ0) is 17.5. The highest BCUT2D eigenvalue weighted by Crippen LogP contribution is 2.17. The third-order valence-corrected chi connectivity index (χ3v) is 5.32. The highest BCUT2D eigenvalue weighted by Gasteiger charge is 2.27. The van der Waals surface area contributed by atoms with E-state index in [1.54, 1.807) is 6.92 Å². The van der Waals surface area contributed by atoms with E-state index in [9.17, 15) is 18.0 Å². The molecule has 1 rings (SSSR count). The van der Waals surface area contributed by atoms with Gasteiger partial charge in [0.1, 0.15) is 6.04 Å². The average molecular weight is 348 g/mol. The first kappa shape index (κ1) is 19.7. The molecule has 0 unspecified atom stereocenters. The number of piperidine rings is 1. The van der Waals surface area contributed by atoms with E-state index in [4.69, 9.17) is 0 Å². The molecule has 0 aromatic rings. The van der Waals surface area contributed by atoms with Gasteiger partial charge in [-0.15, -0.1) is 0 Å². The van der Waals surface area contributed by atoms with Crippen LogP contribution in [-0.4, -0.2) is 62.7 Å². The molecule has 1 fully saturated rings. The van der Waals surface area contributed by atoms with Gasteiger partial charge < -0.3 is 15.5 Å². The molecular weight excluding hydrogens is 320 g/mol. The van der Waals surface area contributed by atoms with Crippen LogP contribution in [0.15, 0.2) is 0 Å². The molecule has 0 aromatic carbocycles. The second-order valence-electron chi connectivity index (χ2n) is 5.80. The molecule has 1 aliphatic heterocycles. The van der Waals surface area contributed by atoms with E-state index in [1.807, 2.05) is 11.8 Å². The highest BCUT2D eigenvalue weighted by molar-refractivity contribution is 7.89. The highest BCUT2D eigenvalue weighted by atomic mass is 32.2. The van der Waals surface area contributed by atoms with Crippen molar-refractivity contribution >= 4 is 22.0 Å². The maximum atomic E-state index is 12.3. The van der Waals surface area contributed by atoms with Crippen molar-refractivity contribution in [2.24, 2.45) is 0 Å². The number of urea groups is 1. The summed E-state index contributed by atoms with van der Waals surface area (Å²) in [6, 6.07) is -0.888. The summed E-state index contributed by atoms with van der Waals surface area (Å²) in [5.41, 5.74) is 0. The van der Waals surface area contributed by atoms with Crippen molar-refractivity contribution in [3.05, 3.63) is 0 Å². The van der Waals surface area contributed by atoms with Crippen molar-refractivity contribution in [3.8, 4) is 0 Å². The monoisotopic (exact) mass is 348 g/mol. The van der Waals surface area contributed by atoms with Gasteiger partial charge in [0.25, 0.3) is 0 Å². The molecular formula is C14H28N4O4S. The Labute approximate surface area is 138 Å². The number of sulfonamides is 1. The van der Waals surface area contributed by atoms with E-state index in [2.05, 4.69) is 15.4 Å². The zero-order valence-corrected chi connectivity index (χ0v) is 14.9. The van der Waals surface area contributed by atoms with E-state index < -0.39 is 22.1 Å². The van der Waals surface area contributed by atoms with Crippen molar-refractivity contribution in [2.45, 2.75) is 52.1 Å². The predicted octanol–water partition coefficient (Wildman–Crippen LogP) is 0.0144. The van der Waals surface area contributed by atoms with Gasteiger partial charge >= 0.3 is 6.03 Å². The largest absolute Gasteiger partial charge is 0.338 e. The quantitative estimate of drug-likeness (QED) is 0.564. The van der Waals surface area contributed by atoms with Crippen molar-refractivity contribution in [3.63, 3.8) is 0 Å². The first-order valence-electron chi connectivity index (χ1n) is 8.09. The number of rotatable bonds is 7. The van der Waals surface area contributed by atoms with Crippen molar-refractivity contribution in [1.82, 2.24) is 20.3 Å². The van der Waals surface area contributed by atoms with Gasteiger partial charge in [0.15, 0.2) is 0 Å². The van der Waals surface area contributed by atoms with E-state index in [1.165, 1.54) is 6.92 Å². The number of nitrogens with one attached hydrogen (secondary N) is 3. The summed E-state index contributed by atoms with van der Waals surface area (Å²) in [5.74, 6) is -0.0855. The second-order valence-corrected chi connectivity index (χ2v) is 7.89. The molecule has 23 heavy (non-hydrogen) atoms. The van der Waals surface area contributed by atoms with E-state index in [0.717, 1.165) is 25.8 Å². The normalized spacial score (nSPS) is 20.0. The van der Waals surface area contributed by atoms with Crippen LogP contribution in [0.5, 0.6) is 0 Å². The Hall–Kier alpha value is -1.35. The number of likely N-dealkylation sites (tertiary alicyclic amines) is 1. The lowest BCUT2D eigenvalue weighted by Gasteiger charge is -2.35. The van der Waals surface area contributed by atoms with Crippen LogP contribution < -0.4 is 15.4 Å². The van der Waals surface area contributed by atoms with Gasteiger partial charge in [-0.25, -0.2) is 17.9 Å². The van der Waals surface area contributed by atoms with Crippen LogP contribution in [0.4, 0.5) is 4.79 Å². The Morgan fingerprint density at radius 3 is 2.57 bits per heavy atom. The van der Waals surface area contributed by atoms with E-state index in [0.29, 0.717) is 0 Å². The van der Waals surface area contributed by atoms with Crippen LogP contribution in [0.3, 0.4) is 0 Å². The third kappa shape index (κ3) is 6.74. The molecule has 1 heterocycles.